The number of urea groups is 1. The highest BCUT2D eigenvalue weighted by Gasteiger charge is 2.37. The molecule has 1 atom stereocenters. The summed E-state index contributed by atoms with van der Waals surface area (Å²) in [5.41, 5.74) is 4.25. The first-order chi connectivity index (χ1) is 12.8. The first kappa shape index (κ1) is 21.0. The van der Waals surface area contributed by atoms with Crippen LogP contribution in [0.5, 0.6) is 0 Å². The summed E-state index contributed by atoms with van der Waals surface area (Å²) in [4.78, 5) is 29.3. The van der Waals surface area contributed by atoms with Crippen molar-refractivity contribution < 1.29 is 14.3 Å². The van der Waals surface area contributed by atoms with Gasteiger partial charge in [0, 0.05) is 19.3 Å². The Morgan fingerprint density at radius 2 is 1.89 bits per heavy atom. The number of hydrogen-bond acceptors (Lipinski definition) is 4. The van der Waals surface area contributed by atoms with Crippen molar-refractivity contribution in [1.82, 2.24) is 15.1 Å². The highest BCUT2D eigenvalue weighted by molar-refractivity contribution is 5.95. The maximum Gasteiger partial charge on any atom is 0.338 e. The van der Waals surface area contributed by atoms with Gasteiger partial charge < -0.3 is 10.1 Å². The molecule has 0 fully saturated rings. The summed E-state index contributed by atoms with van der Waals surface area (Å²) in [6.45, 7) is 12.4. The van der Waals surface area contributed by atoms with Crippen LogP contribution in [0.1, 0.15) is 43.5 Å². The van der Waals surface area contributed by atoms with Crippen LogP contribution in [0, 0.1) is 13.8 Å². The topological polar surface area (TPSA) is 61.9 Å². The second-order valence-corrected chi connectivity index (χ2v) is 6.84. The largest absolute Gasteiger partial charge is 0.463 e. The number of likely N-dealkylation sites (N-methyl/N-ethyl adjacent to an activating group) is 2. The van der Waals surface area contributed by atoms with Gasteiger partial charge in [-0.25, -0.2) is 9.59 Å². The van der Waals surface area contributed by atoms with Crippen molar-refractivity contribution in [2.24, 2.45) is 0 Å². The first-order valence-corrected chi connectivity index (χ1v) is 9.57. The molecular formula is C21H31N3O3. The Kier molecular flexibility index (Phi) is 7.02. The monoisotopic (exact) mass is 373 g/mol. The van der Waals surface area contributed by atoms with E-state index in [4.69, 9.17) is 4.74 Å². The van der Waals surface area contributed by atoms with Gasteiger partial charge in [-0.3, -0.25) is 9.80 Å². The Labute approximate surface area is 162 Å². The highest BCUT2D eigenvalue weighted by Crippen LogP contribution is 2.33. The van der Waals surface area contributed by atoms with Crippen LogP contribution in [0.3, 0.4) is 0 Å². The van der Waals surface area contributed by atoms with Crippen molar-refractivity contribution in [3.8, 4) is 0 Å². The molecule has 6 heteroatoms. The Bertz CT molecular complexity index is 738. The molecule has 0 aromatic heterocycles. The lowest BCUT2D eigenvalue weighted by Crippen LogP contribution is -2.49. The van der Waals surface area contributed by atoms with E-state index in [1.165, 1.54) is 4.90 Å². The van der Waals surface area contributed by atoms with Gasteiger partial charge in [0.2, 0.25) is 0 Å². The van der Waals surface area contributed by atoms with Crippen LogP contribution < -0.4 is 5.32 Å². The molecular weight excluding hydrogens is 342 g/mol. The highest BCUT2D eigenvalue weighted by atomic mass is 16.5. The Balaban J connectivity index is 2.65. The number of carbonyl (C=O) groups is 2. The first-order valence-electron chi connectivity index (χ1n) is 9.57. The molecule has 0 spiro atoms. The van der Waals surface area contributed by atoms with E-state index < -0.39 is 6.04 Å². The number of rotatable bonds is 7. The molecule has 1 unspecified atom stereocenters. The summed E-state index contributed by atoms with van der Waals surface area (Å²) < 4.78 is 5.37. The molecule has 1 N–H and O–H groups in total. The second-order valence-electron chi connectivity index (χ2n) is 6.84. The summed E-state index contributed by atoms with van der Waals surface area (Å²) in [5.74, 6) is -0.377. The van der Waals surface area contributed by atoms with Crippen molar-refractivity contribution in [3.05, 3.63) is 46.2 Å². The van der Waals surface area contributed by atoms with Gasteiger partial charge in [0.25, 0.3) is 0 Å². The third-order valence-corrected chi connectivity index (χ3v) is 5.09. The number of esters is 1. The Hall–Kier alpha value is -2.34. The molecule has 6 nitrogen and oxygen atoms in total. The number of nitrogens with zero attached hydrogens (tertiary/aromatic N) is 2. The summed E-state index contributed by atoms with van der Waals surface area (Å²) in [7, 11) is 1.70. The molecule has 1 aliphatic heterocycles. The Morgan fingerprint density at radius 1 is 1.22 bits per heavy atom. The molecule has 2 rings (SSSR count). The molecule has 148 valence electrons. The third kappa shape index (κ3) is 4.50. The van der Waals surface area contributed by atoms with Crippen LogP contribution in [0.25, 0.3) is 0 Å². The van der Waals surface area contributed by atoms with Gasteiger partial charge in [-0.05, 0) is 45.0 Å². The number of amides is 2. The standard InChI is InChI=1S/C21H31N3O3/c1-7-24(8-2)13-17-18(20(25)27-9-3)19(22-21(26)23(17)6)16-12-14(4)10-11-15(16)5/h10-12,19H,7-9,13H2,1-6H3,(H,22,26). The zero-order chi connectivity index (χ0) is 20.1. The number of aryl methyl sites for hydroxylation is 2. The Morgan fingerprint density at radius 3 is 2.48 bits per heavy atom. The molecule has 0 bridgehead atoms. The zero-order valence-corrected chi connectivity index (χ0v) is 17.3. The summed E-state index contributed by atoms with van der Waals surface area (Å²) >= 11 is 0. The number of benzene rings is 1. The molecule has 0 saturated heterocycles. The van der Waals surface area contributed by atoms with E-state index in [1.54, 1.807) is 14.0 Å². The lowest BCUT2D eigenvalue weighted by atomic mass is 9.90. The van der Waals surface area contributed by atoms with Gasteiger partial charge >= 0.3 is 12.0 Å². The molecule has 2 amide bonds. The van der Waals surface area contributed by atoms with Gasteiger partial charge in [-0.1, -0.05) is 37.6 Å². The summed E-state index contributed by atoms with van der Waals surface area (Å²) in [6.07, 6.45) is 0. The van der Waals surface area contributed by atoms with Gasteiger partial charge in [-0.15, -0.1) is 0 Å². The minimum atomic E-state index is -0.516. The molecule has 1 aliphatic rings. The molecule has 27 heavy (non-hydrogen) atoms. The third-order valence-electron chi connectivity index (χ3n) is 5.09. The fourth-order valence-electron chi connectivity index (χ4n) is 3.36. The minimum Gasteiger partial charge on any atom is -0.463 e. The second kappa shape index (κ2) is 9.04. The van der Waals surface area contributed by atoms with E-state index >= 15 is 0 Å². The lowest BCUT2D eigenvalue weighted by Gasteiger charge is -2.37. The molecule has 0 saturated carbocycles. The zero-order valence-electron chi connectivity index (χ0n) is 17.3. The van der Waals surface area contributed by atoms with Gasteiger partial charge in [0.15, 0.2) is 0 Å². The van der Waals surface area contributed by atoms with Crippen LogP contribution >= 0.6 is 0 Å². The maximum absolute atomic E-state index is 12.9. The van der Waals surface area contributed by atoms with Gasteiger partial charge in [-0.2, -0.15) is 0 Å². The fourth-order valence-corrected chi connectivity index (χ4v) is 3.36. The van der Waals surface area contributed by atoms with Gasteiger partial charge in [0.1, 0.15) is 0 Å². The SMILES string of the molecule is CCOC(=O)C1=C(CN(CC)CC)N(C)C(=O)NC1c1cc(C)ccc1C. The summed E-state index contributed by atoms with van der Waals surface area (Å²) in [6, 6.07) is 5.34. The molecule has 1 aromatic carbocycles. The predicted molar refractivity (Wildman–Crippen MR) is 106 cm³/mol. The van der Waals surface area contributed by atoms with E-state index in [1.807, 2.05) is 32.0 Å². The van der Waals surface area contributed by atoms with Crippen molar-refractivity contribution in [1.29, 1.82) is 0 Å². The van der Waals surface area contributed by atoms with Crippen LogP contribution in [0.15, 0.2) is 29.5 Å². The average molecular weight is 373 g/mol. The van der Waals surface area contributed by atoms with E-state index in [0.717, 1.165) is 29.8 Å². The van der Waals surface area contributed by atoms with Crippen molar-refractivity contribution in [3.63, 3.8) is 0 Å². The van der Waals surface area contributed by atoms with Crippen LogP contribution in [-0.2, 0) is 9.53 Å². The van der Waals surface area contributed by atoms with Crippen LogP contribution in [0.4, 0.5) is 4.79 Å². The van der Waals surface area contributed by atoms with Crippen molar-refractivity contribution >= 4 is 12.0 Å². The van der Waals surface area contributed by atoms with Crippen molar-refractivity contribution in [2.45, 2.75) is 40.7 Å². The number of hydrogen-bond donors (Lipinski definition) is 1. The van der Waals surface area contributed by atoms with Crippen LogP contribution in [-0.4, -0.2) is 55.1 Å². The normalized spacial score (nSPS) is 17.4. The summed E-state index contributed by atoms with van der Waals surface area (Å²) in [5, 5.41) is 2.99. The molecule has 0 aliphatic carbocycles. The molecule has 1 aromatic rings. The number of ether oxygens (including phenoxy) is 1. The fraction of sp³-hybridized carbons (Fsp3) is 0.524. The molecule has 0 radical (unpaired) electrons. The molecule has 1 heterocycles. The number of carbonyl (C=O) groups excluding carboxylic acids is 2. The van der Waals surface area contributed by atoms with E-state index in [2.05, 4.69) is 24.1 Å². The quantitative estimate of drug-likeness (QED) is 0.746. The van der Waals surface area contributed by atoms with E-state index in [-0.39, 0.29) is 18.6 Å². The smallest absolute Gasteiger partial charge is 0.338 e. The minimum absolute atomic E-state index is 0.212. The van der Waals surface area contributed by atoms with E-state index in [0.29, 0.717) is 17.8 Å². The van der Waals surface area contributed by atoms with Crippen LogP contribution in [0.2, 0.25) is 0 Å². The number of nitrogens with one attached hydrogen (secondary N) is 1. The average Bonchev–Trinajstić information content (AvgIpc) is 2.64. The van der Waals surface area contributed by atoms with Gasteiger partial charge in [0.05, 0.1) is 18.2 Å². The predicted octanol–water partition coefficient (Wildman–Crippen LogP) is 3.16. The van der Waals surface area contributed by atoms with E-state index in [9.17, 15) is 9.59 Å². The lowest BCUT2D eigenvalue weighted by molar-refractivity contribution is -0.139. The van der Waals surface area contributed by atoms with Crippen molar-refractivity contribution in [2.75, 3.05) is 33.3 Å². The maximum atomic E-state index is 12.9.